The van der Waals surface area contributed by atoms with Gasteiger partial charge in [0.1, 0.15) is 0 Å². The molecular weight excluding hydrogens is 244 g/mol. The Balaban J connectivity index is 1.99. The molecule has 1 atom stereocenters. The standard InChI is InChI=1S/C13H18N4O2/c1-8-2-4-11(17-14)10(6-8)13(19)15-7-9-3-5-12(18)16-9/h2,4,6,9,17H,3,5,7,14H2,1H3,(H,15,19)(H,16,18). The van der Waals surface area contributed by atoms with Gasteiger partial charge in [0.05, 0.1) is 11.3 Å². The average molecular weight is 262 g/mol. The summed E-state index contributed by atoms with van der Waals surface area (Å²) in [4.78, 5) is 23.2. The Hall–Kier alpha value is -2.08. The van der Waals surface area contributed by atoms with Gasteiger partial charge in [-0.15, -0.1) is 0 Å². The van der Waals surface area contributed by atoms with Gasteiger partial charge in [0.2, 0.25) is 5.91 Å². The van der Waals surface area contributed by atoms with Crippen molar-refractivity contribution in [1.29, 1.82) is 0 Å². The highest BCUT2D eigenvalue weighted by atomic mass is 16.2. The van der Waals surface area contributed by atoms with Crippen molar-refractivity contribution in [2.75, 3.05) is 12.0 Å². The summed E-state index contributed by atoms with van der Waals surface area (Å²) in [5, 5.41) is 5.62. The molecule has 1 fully saturated rings. The fraction of sp³-hybridized carbons (Fsp3) is 0.385. The first-order chi connectivity index (χ1) is 9.10. The second-order valence-corrected chi connectivity index (χ2v) is 4.71. The van der Waals surface area contributed by atoms with Crippen molar-refractivity contribution >= 4 is 17.5 Å². The molecule has 2 amide bonds. The fourth-order valence-corrected chi connectivity index (χ4v) is 2.11. The number of anilines is 1. The molecule has 1 aliphatic heterocycles. The lowest BCUT2D eigenvalue weighted by Crippen LogP contribution is -2.38. The predicted molar refractivity (Wildman–Crippen MR) is 72.5 cm³/mol. The highest BCUT2D eigenvalue weighted by Crippen LogP contribution is 2.16. The summed E-state index contributed by atoms with van der Waals surface area (Å²) in [6.45, 7) is 2.34. The van der Waals surface area contributed by atoms with Crippen LogP contribution in [0.2, 0.25) is 0 Å². The van der Waals surface area contributed by atoms with E-state index in [0.717, 1.165) is 12.0 Å². The topological polar surface area (TPSA) is 96.2 Å². The lowest BCUT2D eigenvalue weighted by molar-refractivity contribution is -0.119. The molecule has 2 rings (SSSR count). The van der Waals surface area contributed by atoms with Crippen molar-refractivity contribution in [3.63, 3.8) is 0 Å². The van der Waals surface area contributed by atoms with E-state index in [1.54, 1.807) is 12.1 Å². The zero-order valence-corrected chi connectivity index (χ0v) is 10.8. The Morgan fingerprint density at radius 1 is 1.53 bits per heavy atom. The van der Waals surface area contributed by atoms with E-state index in [4.69, 9.17) is 5.84 Å². The molecule has 1 aromatic rings. The van der Waals surface area contributed by atoms with Gasteiger partial charge in [-0.25, -0.2) is 0 Å². The van der Waals surface area contributed by atoms with Crippen LogP contribution in [0.5, 0.6) is 0 Å². The molecular formula is C13H18N4O2. The van der Waals surface area contributed by atoms with Gasteiger partial charge in [0, 0.05) is 19.0 Å². The Morgan fingerprint density at radius 3 is 2.95 bits per heavy atom. The van der Waals surface area contributed by atoms with Crippen LogP contribution in [-0.4, -0.2) is 24.4 Å². The van der Waals surface area contributed by atoms with Gasteiger partial charge >= 0.3 is 0 Å². The number of nitrogens with one attached hydrogen (secondary N) is 3. The molecule has 0 spiro atoms. The van der Waals surface area contributed by atoms with Crippen molar-refractivity contribution in [2.45, 2.75) is 25.8 Å². The second kappa shape index (κ2) is 5.71. The van der Waals surface area contributed by atoms with Crippen molar-refractivity contribution < 1.29 is 9.59 Å². The number of hydrogen-bond donors (Lipinski definition) is 4. The molecule has 0 aliphatic carbocycles. The minimum atomic E-state index is -0.196. The van der Waals surface area contributed by atoms with Crippen LogP contribution < -0.4 is 21.9 Å². The lowest BCUT2D eigenvalue weighted by Gasteiger charge is -2.13. The van der Waals surface area contributed by atoms with Crippen LogP contribution in [0.15, 0.2) is 18.2 Å². The highest BCUT2D eigenvalue weighted by molar-refractivity contribution is 5.99. The number of hydrogen-bond acceptors (Lipinski definition) is 4. The fourth-order valence-electron chi connectivity index (χ4n) is 2.11. The zero-order valence-electron chi connectivity index (χ0n) is 10.8. The number of carbonyl (C=O) groups excluding carboxylic acids is 2. The monoisotopic (exact) mass is 262 g/mol. The van der Waals surface area contributed by atoms with E-state index in [9.17, 15) is 9.59 Å². The lowest BCUT2D eigenvalue weighted by atomic mass is 10.1. The molecule has 102 valence electrons. The number of aryl methyl sites for hydroxylation is 1. The first-order valence-corrected chi connectivity index (χ1v) is 6.25. The molecule has 1 heterocycles. The zero-order chi connectivity index (χ0) is 13.8. The molecule has 0 aromatic heterocycles. The summed E-state index contributed by atoms with van der Waals surface area (Å²) in [6, 6.07) is 5.44. The first kappa shape index (κ1) is 13.4. The van der Waals surface area contributed by atoms with Gasteiger partial charge in [-0.05, 0) is 25.5 Å². The van der Waals surface area contributed by atoms with Crippen molar-refractivity contribution in [2.24, 2.45) is 5.84 Å². The quantitative estimate of drug-likeness (QED) is 0.463. The third-order valence-electron chi connectivity index (χ3n) is 3.17. The van der Waals surface area contributed by atoms with Crippen LogP contribution in [0.25, 0.3) is 0 Å². The summed E-state index contributed by atoms with van der Waals surface area (Å²) in [6.07, 6.45) is 1.29. The van der Waals surface area contributed by atoms with E-state index in [-0.39, 0.29) is 17.9 Å². The van der Waals surface area contributed by atoms with E-state index in [0.29, 0.717) is 24.2 Å². The summed E-state index contributed by atoms with van der Waals surface area (Å²) >= 11 is 0. The normalized spacial score (nSPS) is 18.0. The number of rotatable bonds is 4. The molecule has 5 N–H and O–H groups in total. The molecule has 6 nitrogen and oxygen atoms in total. The van der Waals surface area contributed by atoms with Gasteiger partial charge in [0.25, 0.3) is 5.91 Å². The van der Waals surface area contributed by atoms with Crippen molar-refractivity contribution in [3.05, 3.63) is 29.3 Å². The van der Waals surface area contributed by atoms with E-state index in [2.05, 4.69) is 16.1 Å². The van der Waals surface area contributed by atoms with Crippen LogP contribution in [-0.2, 0) is 4.79 Å². The Kier molecular flexibility index (Phi) is 4.01. The maximum absolute atomic E-state index is 12.1. The molecule has 1 aromatic carbocycles. The van der Waals surface area contributed by atoms with Crippen molar-refractivity contribution in [3.8, 4) is 0 Å². The third-order valence-corrected chi connectivity index (χ3v) is 3.17. The molecule has 0 bridgehead atoms. The maximum Gasteiger partial charge on any atom is 0.253 e. The van der Waals surface area contributed by atoms with Crippen LogP contribution in [0, 0.1) is 6.92 Å². The van der Waals surface area contributed by atoms with Gasteiger partial charge in [-0.2, -0.15) is 0 Å². The second-order valence-electron chi connectivity index (χ2n) is 4.71. The van der Waals surface area contributed by atoms with Crippen LogP contribution >= 0.6 is 0 Å². The Bertz CT molecular complexity index is 501. The summed E-state index contributed by atoms with van der Waals surface area (Å²) in [7, 11) is 0. The first-order valence-electron chi connectivity index (χ1n) is 6.25. The number of benzene rings is 1. The van der Waals surface area contributed by atoms with Crippen LogP contribution in [0.3, 0.4) is 0 Å². The molecule has 1 aliphatic rings. The van der Waals surface area contributed by atoms with E-state index in [1.165, 1.54) is 0 Å². The average Bonchev–Trinajstić information content (AvgIpc) is 2.81. The third kappa shape index (κ3) is 3.23. The number of amides is 2. The van der Waals surface area contributed by atoms with Gasteiger partial charge < -0.3 is 16.1 Å². The number of nitrogen functional groups attached to an aromatic ring is 1. The highest BCUT2D eigenvalue weighted by Gasteiger charge is 2.21. The van der Waals surface area contributed by atoms with Gasteiger partial charge in [-0.1, -0.05) is 11.6 Å². The number of nitrogens with two attached hydrogens (primary N) is 1. The SMILES string of the molecule is Cc1ccc(NN)c(C(=O)NCC2CCC(=O)N2)c1. The minimum Gasteiger partial charge on any atom is -0.352 e. The molecule has 1 saturated heterocycles. The molecule has 19 heavy (non-hydrogen) atoms. The molecule has 0 radical (unpaired) electrons. The largest absolute Gasteiger partial charge is 0.352 e. The summed E-state index contributed by atoms with van der Waals surface area (Å²) in [5.41, 5.74) is 4.58. The molecule has 0 saturated carbocycles. The van der Waals surface area contributed by atoms with Gasteiger partial charge in [-0.3, -0.25) is 15.4 Å². The van der Waals surface area contributed by atoms with E-state index >= 15 is 0 Å². The minimum absolute atomic E-state index is 0.0237. The Labute approximate surface area is 111 Å². The van der Waals surface area contributed by atoms with Crippen LogP contribution in [0.1, 0.15) is 28.8 Å². The maximum atomic E-state index is 12.1. The predicted octanol–water partition coefficient (Wildman–Crippen LogP) is 0.289. The molecule has 6 heteroatoms. The van der Waals surface area contributed by atoms with Crippen molar-refractivity contribution in [1.82, 2.24) is 10.6 Å². The molecule has 1 unspecified atom stereocenters. The number of carbonyl (C=O) groups is 2. The van der Waals surface area contributed by atoms with Crippen LogP contribution in [0.4, 0.5) is 5.69 Å². The number of hydrazine groups is 1. The smallest absolute Gasteiger partial charge is 0.253 e. The van der Waals surface area contributed by atoms with Gasteiger partial charge in [0.15, 0.2) is 0 Å². The van der Waals surface area contributed by atoms with E-state index < -0.39 is 0 Å². The van der Waals surface area contributed by atoms with E-state index in [1.807, 2.05) is 13.0 Å². The summed E-state index contributed by atoms with van der Waals surface area (Å²) in [5.74, 6) is 5.23. The summed E-state index contributed by atoms with van der Waals surface area (Å²) < 4.78 is 0. The Morgan fingerprint density at radius 2 is 2.32 bits per heavy atom.